The van der Waals surface area contributed by atoms with Crippen LogP contribution in [-0.4, -0.2) is 12.2 Å². The first kappa shape index (κ1) is 21.8. The maximum atomic E-state index is 12.9. The molecule has 6 heteroatoms. The first-order chi connectivity index (χ1) is 11.3. The largest absolute Gasteiger partial charge is 1.00 e. The average molecular weight is 392 g/mol. The molecule has 4 fully saturated rings. The zero-order chi connectivity index (χ0) is 18.5. The van der Waals surface area contributed by atoms with E-state index in [2.05, 4.69) is 41.5 Å². The Balaban J connectivity index is 0.00000196. The molecule has 0 heterocycles. The van der Waals surface area contributed by atoms with Crippen LogP contribution in [0.1, 0.15) is 80.1 Å². The molecule has 0 N–H and O–H groups in total. The van der Waals surface area contributed by atoms with E-state index in [1.165, 1.54) is 12.8 Å². The molecule has 0 unspecified atom stereocenters. The molecule has 0 radical (unpaired) electrons. The summed E-state index contributed by atoms with van der Waals surface area (Å²) in [5.74, 6) is 1.11. The van der Waals surface area contributed by atoms with Gasteiger partial charge in [0.15, 0.2) is 0 Å². The molecule has 0 aliphatic heterocycles. The summed E-state index contributed by atoms with van der Waals surface area (Å²) in [6.45, 7) is 13.0. The predicted octanol–water partition coefficient (Wildman–Crippen LogP) is 1.92. The number of rotatable bonds is 4. The minimum absolute atomic E-state index is 0. The van der Waals surface area contributed by atoms with Crippen molar-refractivity contribution in [2.24, 2.45) is 33.5 Å². The van der Waals surface area contributed by atoms with Crippen LogP contribution in [0.3, 0.4) is 0 Å². The second-order valence-corrected chi connectivity index (χ2v) is 12.6. The van der Waals surface area contributed by atoms with Crippen molar-refractivity contribution >= 4 is 7.82 Å². The van der Waals surface area contributed by atoms with Crippen molar-refractivity contribution in [2.45, 2.75) is 92.3 Å². The Morgan fingerprint density at radius 2 is 1.15 bits per heavy atom. The van der Waals surface area contributed by atoms with E-state index in [0.717, 1.165) is 25.7 Å². The monoisotopic (exact) mass is 392 g/mol. The van der Waals surface area contributed by atoms with Gasteiger partial charge in [0.25, 0.3) is 7.82 Å². The second kappa shape index (κ2) is 6.30. The molecule has 0 spiro atoms. The van der Waals surface area contributed by atoms with E-state index in [-0.39, 0.29) is 63.4 Å². The van der Waals surface area contributed by atoms with Crippen LogP contribution in [0, 0.1) is 33.5 Å². The maximum absolute atomic E-state index is 12.9. The Labute approximate surface area is 181 Å². The Kier molecular flexibility index (Phi) is 5.29. The van der Waals surface area contributed by atoms with Gasteiger partial charge >= 0.3 is 29.6 Å². The Morgan fingerprint density at radius 1 is 0.808 bits per heavy atom. The van der Waals surface area contributed by atoms with Gasteiger partial charge in [-0.05, 0) is 72.0 Å². The van der Waals surface area contributed by atoms with E-state index in [4.69, 9.17) is 9.05 Å². The molecule has 4 nitrogen and oxygen atoms in total. The molecule has 0 amide bonds. The maximum Gasteiger partial charge on any atom is 1.00 e. The smallest absolute Gasteiger partial charge is 0.756 e. The van der Waals surface area contributed by atoms with Crippen molar-refractivity contribution in [3.8, 4) is 0 Å². The number of phosphoric acid groups is 1. The number of hydrogen-bond acceptors (Lipinski definition) is 4. The van der Waals surface area contributed by atoms with Crippen LogP contribution in [0.2, 0.25) is 0 Å². The van der Waals surface area contributed by atoms with Crippen LogP contribution in [0.4, 0.5) is 0 Å². The number of phosphoric ester groups is 1. The van der Waals surface area contributed by atoms with Crippen LogP contribution in [-0.2, 0) is 13.6 Å². The Bertz CT molecular complexity index is 576. The normalized spacial score (nSPS) is 48.0. The fourth-order valence-electron chi connectivity index (χ4n) is 7.32. The first-order valence-corrected chi connectivity index (χ1v) is 11.4. The summed E-state index contributed by atoms with van der Waals surface area (Å²) in [6, 6.07) is 0. The van der Waals surface area contributed by atoms with Gasteiger partial charge in [-0.1, -0.05) is 41.5 Å². The summed E-state index contributed by atoms with van der Waals surface area (Å²) >= 11 is 0. The molecular weight excluding hydrogens is 358 g/mol. The van der Waals surface area contributed by atoms with Gasteiger partial charge in [0, 0.05) is 0 Å². The molecule has 4 rings (SSSR count). The Morgan fingerprint density at radius 3 is 1.42 bits per heavy atom. The van der Waals surface area contributed by atoms with E-state index in [1.54, 1.807) is 0 Å². The molecule has 4 saturated carbocycles. The van der Waals surface area contributed by atoms with E-state index >= 15 is 0 Å². The van der Waals surface area contributed by atoms with Gasteiger partial charge in [-0.3, -0.25) is 4.57 Å². The molecule has 0 aromatic heterocycles. The minimum atomic E-state index is -4.35. The summed E-state index contributed by atoms with van der Waals surface area (Å²) in [4.78, 5) is 12.9. The zero-order valence-corrected chi connectivity index (χ0v) is 20.5. The van der Waals surface area contributed by atoms with Gasteiger partial charge < -0.3 is 13.9 Å². The molecular formula is C20H34NaO4P. The van der Waals surface area contributed by atoms with Crippen LogP contribution in [0.25, 0.3) is 0 Å². The molecule has 144 valence electrons. The molecule has 0 aromatic rings. The third kappa shape index (κ3) is 3.06. The van der Waals surface area contributed by atoms with Crippen LogP contribution in [0.5, 0.6) is 0 Å². The fraction of sp³-hybridized carbons (Fsp3) is 1.00. The topological polar surface area (TPSA) is 58.6 Å². The zero-order valence-electron chi connectivity index (χ0n) is 17.6. The summed E-state index contributed by atoms with van der Waals surface area (Å²) in [7, 11) is -4.35. The molecule has 26 heavy (non-hydrogen) atoms. The van der Waals surface area contributed by atoms with Gasteiger partial charge in [-0.15, -0.1) is 0 Å². The summed E-state index contributed by atoms with van der Waals surface area (Å²) < 4.78 is 24.6. The first-order valence-electron chi connectivity index (χ1n) is 9.98. The van der Waals surface area contributed by atoms with E-state index in [0.29, 0.717) is 11.8 Å². The molecule has 4 aliphatic carbocycles. The number of hydrogen-bond donors (Lipinski definition) is 0. The quantitative estimate of drug-likeness (QED) is 0.542. The van der Waals surface area contributed by atoms with Gasteiger partial charge in [-0.2, -0.15) is 0 Å². The second-order valence-electron chi connectivity index (χ2n) is 11.2. The molecule has 4 aliphatic rings. The molecule has 0 saturated heterocycles. The predicted molar refractivity (Wildman–Crippen MR) is 95.8 cm³/mol. The average Bonchev–Trinajstić information content (AvgIpc) is 3.14. The van der Waals surface area contributed by atoms with E-state index in [9.17, 15) is 9.46 Å². The van der Waals surface area contributed by atoms with Gasteiger partial charge in [0.05, 0.1) is 12.2 Å². The molecule has 0 aromatic carbocycles. The van der Waals surface area contributed by atoms with Crippen molar-refractivity contribution in [2.75, 3.05) is 0 Å². The van der Waals surface area contributed by atoms with Crippen LogP contribution < -0.4 is 34.5 Å². The van der Waals surface area contributed by atoms with Gasteiger partial charge in [0.2, 0.25) is 0 Å². The summed E-state index contributed by atoms with van der Waals surface area (Å²) in [5, 5.41) is 0. The van der Waals surface area contributed by atoms with Gasteiger partial charge in [0.1, 0.15) is 0 Å². The third-order valence-electron chi connectivity index (χ3n) is 8.74. The van der Waals surface area contributed by atoms with Crippen molar-refractivity contribution in [1.29, 1.82) is 0 Å². The van der Waals surface area contributed by atoms with E-state index < -0.39 is 7.82 Å². The standard InChI is InChI=1S/C20H35O4P.Na/c1-17(2)13-7-9-19(5,11-13)15(17)23-25(21,22)24-16-18(3,4)14-8-10-20(16,6)12-14;/h13-16H,7-12H2,1-6H3,(H,21,22);/q;+1/p-1/t13-,14-,15-,16-,19+,20+;/m1./s1. The van der Waals surface area contributed by atoms with E-state index in [1.807, 2.05) is 0 Å². The summed E-state index contributed by atoms with van der Waals surface area (Å²) in [5.41, 5.74) is -0.285. The number of fused-ring (bicyclic) bond motifs is 4. The van der Waals surface area contributed by atoms with Crippen LogP contribution >= 0.6 is 7.82 Å². The van der Waals surface area contributed by atoms with Gasteiger partial charge in [-0.25, -0.2) is 0 Å². The fourth-order valence-corrected chi connectivity index (χ4v) is 8.94. The van der Waals surface area contributed by atoms with Crippen molar-refractivity contribution in [1.82, 2.24) is 0 Å². The SMILES string of the molecule is CC1(C)[C@@H]2CC[C@@](C)(C2)[C@@H]1OP(=O)([O-])O[C@@H]1C(C)(C)[C@@H]2CC[C@@]1(C)C2.[Na+]. The van der Waals surface area contributed by atoms with Crippen molar-refractivity contribution < 1.29 is 48.1 Å². The molecule has 4 bridgehead atoms. The van der Waals surface area contributed by atoms with Crippen LogP contribution in [0.15, 0.2) is 0 Å². The van der Waals surface area contributed by atoms with Crippen molar-refractivity contribution in [3.63, 3.8) is 0 Å². The summed E-state index contributed by atoms with van der Waals surface area (Å²) in [6.07, 6.45) is 6.08. The third-order valence-corrected chi connectivity index (χ3v) is 9.68. The van der Waals surface area contributed by atoms with Crippen molar-refractivity contribution in [3.05, 3.63) is 0 Å². The minimum Gasteiger partial charge on any atom is -0.756 e. The Hall–Kier alpha value is 1.11. The molecule has 6 atom stereocenters.